The highest BCUT2D eigenvalue weighted by molar-refractivity contribution is 7.92. The molecule has 1 unspecified atom stereocenters. The monoisotopic (exact) mass is 456 g/mol. The van der Waals surface area contributed by atoms with Gasteiger partial charge in [-0.15, -0.1) is 0 Å². The lowest BCUT2D eigenvalue weighted by molar-refractivity contribution is -0.267. The molecule has 3 aromatic rings. The van der Waals surface area contributed by atoms with E-state index in [0.717, 1.165) is 11.8 Å². The van der Waals surface area contributed by atoms with Crippen LogP contribution in [0.1, 0.15) is 18.1 Å². The van der Waals surface area contributed by atoms with Crippen LogP contribution in [-0.4, -0.2) is 37.3 Å². The van der Waals surface area contributed by atoms with Gasteiger partial charge < -0.3 is 14.8 Å². The molecule has 11 heteroatoms. The van der Waals surface area contributed by atoms with Crippen molar-refractivity contribution in [1.82, 2.24) is 4.98 Å². The molecule has 0 fully saturated rings. The summed E-state index contributed by atoms with van der Waals surface area (Å²) >= 11 is 0. The summed E-state index contributed by atoms with van der Waals surface area (Å²) in [5.74, 6) is -1.88. The van der Waals surface area contributed by atoms with Crippen LogP contribution in [0.4, 0.5) is 18.9 Å². The number of alkyl halides is 3. The fourth-order valence-electron chi connectivity index (χ4n) is 3.07. The van der Waals surface area contributed by atoms with E-state index in [4.69, 9.17) is 0 Å². The molecule has 0 radical (unpaired) electrons. The lowest BCUT2D eigenvalue weighted by Crippen LogP contribution is -2.50. The van der Waals surface area contributed by atoms with Crippen molar-refractivity contribution in [1.29, 1.82) is 0 Å². The first-order valence-corrected chi connectivity index (χ1v) is 10.6. The van der Waals surface area contributed by atoms with Crippen LogP contribution >= 0.6 is 0 Å². The minimum Gasteiger partial charge on any atom is -0.463 e. The van der Waals surface area contributed by atoms with Gasteiger partial charge in [0.15, 0.2) is 0 Å². The van der Waals surface area contributed by atoms with Crippen molar-refractivity contribution in [3.05, 3.63) is 59.8 Å². The molecular formula is C20H19F3N2O5S. The van der Waals surface area contributed by atoms with Crippen molar-refractivity contribution >= 4 is 32.6 Å². The highest BCUT2D eigenvalue weighted by Crippen LogP contribution is 2.43. The molecular weight excluding hydrogens is 437 g/mol. The van der Waals surface area contributed by atoms with Crippen LogP contribution in [0.15, 0.2) is 53.6 Å². The van der Waals surface area contributed by atoms with E-state index in [2.05, 4.69) is 14.4 Å². The molecule has 0 aliphatic rings. The second kappa shape index (κ2) is 7.89. The molecule has 31 heavy (non-hydrogen) atoms. The Morgan fingerprint density at radius 3 is 2.39 bits per heavy atom. The predicted octanol–water partition coefficient (Wildman–Crippen LogP) is 3.59. The maximum absolute atomic E-state index is 13.7. The molecule has 1 aromatic heterocycles. The van der Waals surface area contributed by atoms with Gasteiger partial charge in [-0.25, -0.2) is 13.2 Å². The van der Waals surface area contributed by atoms with Gasteiger partial charge in [-0.05, 0) is 32.0 Å². The Hall–Kier alpha value is -3.05. The zero-order valence-corrected chi connectivity index (χ0v) is 17.3. The highest BCUT2D eigenvalue weighted by atomic mass is 32.2. The maximum atomic E-state index is 13.7. The van der Waals surface area contributed by atoms with Gasteiger partial charge in [-0.3, -0.25) is 4.72 Å². The molecule has 7 nitrogen and oxygen atoms in total. The van der Waals surface area contributed by atoms with E-state index in [1.807, 2.05) is 0 Å². The normalized spacial score (nSPS) is 14.3. The molecule has 166 valence electrons. The number of esters is 1. The summed E-state index contributed by atoms with van der Waals surface area (Å²) < 4.78 is 73.3. The molecule has 3 rings (SSSR count). The summed E-state index contributed by atoms with van der Waals surface area (Å²) in [4.78, 5) is 14.5. The molecule has 0 aliphatic carbocycles. The van der Waals surface area contributed by atoms with Gasteiger partial charge in [0.25, 0.3) is 15.6 Å². The number of carbonyl (C=O) groups is 1. The van der Waals surface area contributed by atoms with Gasteiger partial charge in [0.05, 0.1) is 22.7 Å². The van der Waals surface area contributed by atoms with E-state index in [-0.39, 0.29) is 28.1 Å². The number of ether oxygens (including phenoxy) is 1. The average Bonchev–Trinajstić information content (AvgIpc) is 3.12. The second-order valence-corrected chi connectivity index (χ2v) is 8.46. The van der Waals surface area contributed by atoms with E-state index >= 15 is 0 Å². The maximum Gasteiger partial charge on any atom is 0.432 e. The number of carbonyl (C=O) groups excluding carboxylic acids is 1. The van der Waals surface area contributed by atoms with E-state index < -0.39 is 33.3 Å². The number of hydrogen-bond acceptors (Lipinski definition) is 5. The largest absolute Gasteiger partial charge is 0.463 e. The molecule has 1 atom stereocenters. The number of aryl methyl sites for hydroxylation is 1. The molecule has 0 bridgehead atoms. The summed E-state index contributed by atoms with van der Waals surface area (Å²) in [6, 6.07) is 9.85. The number of benzene rings is 2. The molecule has 0 saturated carbocycles. The molecule has 0 amide bonds. The first-order chi connectivity index (χ1) is 14.4. The summed E-state index contributed by atoms with van der Waals surface area (Å²) in [6.07, 6.45) is -4.58. The number of para-hydroxylation sites is 1. The second-order valence-electron chi connectivity index (χ2n) is 6.78. The Bertz CT molecular complexity index is 1220. The summed E-state index contributed by atoms with van der Waals surface area (Å²) in [5, 5.41) is 10.2. The third-order valence-corrected chi connectivity index (χ3v) is 6.04. The third-order valence-electron chi connectivity index (χ3n) is 4.66. The number of rotatable bonds is 6. The summed E-state index contributed by atoms with van der Waals surface area (Å²) in [5.41, 5.74) is -3.99. The van der Waals surface area contributed by atoms with Gasteiger partial charge in [-0.1, -0.05) is 29.8 Å². The van der Waals surface area contributed by atoms with Crippen LogP contribution in [0, 0.1) is 6.92 Å². The number of nitrogens with one attached hydrogen (secondary N) is 2. The van der Waals surface area contributed by atoms with Gasteiger partial charge in [0, 0.05) is 17.1 Å². The van der Waals surface area contributed by atoms with E-state index in [1.54, 1.807) is 19.1 Å². The Morgan fingerprint density at radius 1 is 1.16 bits per heavy atom. The van der Waals surface area contributed by atoms with Gasteiger partial charge in [0.2, 0.25) is 0 Å². The Kier molecular flexibility index (Phi) is 5.76. The minimum absolute atomic E-state index is 0.0415. The standard InChI is InChI=1S/C20H19F3N2O5S/c1-3-30-18(26)19(27,20(21,22)23)15-11-24-17-14(15)5-4-6-16(17)25-31(28,29)13-9-7-12(2)8-10-13/h4-11,24-25,27H,3H2,1-2H3. The molecule has 1 heterocycles. The van der Waals surface area contributed by atoms with Crippen molar-refractivity contribution in [2.24, 2.45) is 0 Å². The fourth-order valence-corrected chi connectivity index (χ4v) is 4.15. The van der Waals surface area contributed by atoms with Crippen molar-refractivity contribution in [3.8, 4) is 0 Å². The topological polar surface area (TPSA) is 108 Å². The number of H-pyrrole nitrogens is 1. The van der Waals surface area contributed by atoms with Crippen LogP contribution < -0.4 is 4.72 Å². The van der Waals surface area contributed by atoms with Crippen molar-refractivity contribution in [2.75, 3.05) is 11.3 Å². The number of aliphatic hydroxyl groups is 1. The number of hydrogen-bond donors (Lipinski definition) is 3. The van der Waals surface area contributed by atoms with E-state index in [0.29, 0.717) is 0 Å². The fraction of sp³-hybridized carbons (Fsp3) is 0.250. The third kappa shape index (κ3) is 3.98. The minimum atomic E-state index is -5.38. The predicted molar refractivity (Wildman–Crippen MR) is 107 cm³/mol. The number of halogens is 3. The Morgan fingerprint density at radius 2 is 1.81 bits per heavy atom. The quantitative estimate of drug-likeness (QED) is 0.492. The van der Waals surface area contributed by atoms with Crippen LogP contribution in [0.25, 0.3) is 10.9 Å². The van der Waals surface area contributed by atoms with Gasteiger partial charge >= 0.3 is 12.1 Å². The SMILES string of the molecule is CCOC(=O)C(O)(c1c[nH]c2c(NS(=O)(=O)c3ccc(C)cc3)cccc12)C(F)(F)F. The zero-order valence-electron chi connectivity index (χ0n) is 16.4. The molecule has 2 aromatic carbocycles. The Balaban J connectivity index is 2.11. The zero-order chi connectivity index (χ0) is 23.0. The first kappa shape index (κ1) is 22.6. The van der Waals surface area contributed by atoms with Crippen molar-refractivity contribution in [2.45, 2.75) is 30.5 Å². The molecule has 0 spiro atoms. The molecule has 3 N–H and O–H groups in total. The number of sulfonamides is 1. The lowest BCUT2D eigenvalue weighted by Gasteiger charge is -2.27. The molecule has 0 saturated heterocycles. The van der Waals surface area contributed by atoms with Crippen molar-refractivity contribution in [3.63, 3.8) is 0 Å². The summed E-state index contributed by atoms with van der Waals surface area (Å²) in [6.45, 7) is 2.72. The number of anilines is 1. The van der Waals surface area contributed by atoms with Crippen LogP contribution in [0.2, 0.25) is 0 Å². The number of aromatic amines is 1. The van der Waals surface area contributed by atoms with Crippen LogP contribution in [0.5, 0.6) is 0 Å². The van der Waals surface area contributed by atoms with E-state index in [9.17, 15) is 31.5 Å². The highest BCUT2D eigenvalue weighted by Gasteiger charge is 2.63. The Labute approximate surface area is 175 Å². The van der Waals surface area contributed by atoms with Gasteiger partial charge in [-0.2, -0.15) is 13.2 Å². The smallest absolute Gasteiger partial charge is 0.432 e. The number of fused-ring (bicyclic) bond motifs is 1. The number of aromatic nitrogens is 1. The summed E-state index contributed by atoms with van der Waals surface area (Å²) in [7, 11) is -4.05. The van der Waals surface area contributed by atoms with Crippen molar-refractivity contribution < 1.29 is 36.2 Å². The van der Waals surface area contributed by atoms with E-state index in [1.165, 1.54) is 37.3 Å². The van der Waals surface area contributed by atoms with Crippen LogP contribution in [-0.2, 0) is 25.2 Å². The first-order valence-electron chi connectivity index (χ1n) is 9.08. The molecule has 0 aliphatic heterocycles. The van der Waals surface area contributed by atoms with Gasteiger partial charge in [0.1, 0.15) is 0 Å². The van der Waals surface area contributed by atoms with Crippen LogP contribution in [0.3, 0.4) is 0 Å². The average molecular weight is 456 g/mol. The lowest BCUT2D eigenvalue weighted by atomic mass is 9.92.